The molecule has 0 N–H and O–H groups in total. The summed E-state index contributed by atoms with van der Waals surface area (Å²) in [6.45, 7) is 7.70. The van der Waals surface area contributed by atoms with Gasteiger partial charge in [-0.25, -0.2) is 9.48 Å². The Hall–Kier alpha value is -2.36. The minimum atomic E-state index is -0.339. The van der Waals surface area contributed by atoms with E-state index in [-0.39, 0.29) is 5.97 Å². The maximum atomic E-state index is 11.7. The van der Waals surface area contributed by atoms with Gasteiger partial charge in [0, 0.05) is 0 Å². The molecule has 19 heavy (non-hydrogen) atoms. The van der Waals surface area contributed by atoms with Crippen LogP contribution in [0.3, 0.4) is 0 Å². The van der Waals surface area contributed by atoms with Crippen LogP contribution in [0.15, 0.2) is 37.0 Å². The van der Waals surface area contributed by atoms with Gasteiger partial charge >= 0.3 is 5.97 Å². The highest BCUT2D eigenvalue weighted by Crippen LogP contribution is 2.16. The van der Waals surface area contributed by atoms with Crippen LogP contribution in [0.2, 0.25) is 0 Å². The Bertz CT molecular complexity index is 597. The first-order chi connectivity index (χ1) is 9.17. The lowest BCUT2D eigenvalue weighted by Crippen LogP contribution is -2.06. The topological polar surface area (TPSA) is 44.1 Å². The van der Waals surface area contributed by atoms with Crippen molar-refractivity contribution in [2.75, 3.05) is 6.61 Å². The lowest BCUT2D eigenvalue weighted by molar-refractivity contribution is 0.0525. The number of nitrogens with zero attached hydrogens (tertiary/aromatic N) is 2. The second-order valence-electron chi connectivity index (χ2n) is 4.07. The van der Waals surface area contributed by atoms with E-state index in [1.165, 1.54) is 6.20 Å². The van der Waals surface area contributed by atoms with Crippen molar-refractivity contribution in [1.82, 2.24) is 9.78 Å². The number of benzene rings is 1. The number of carbonyl (C=O) groups is 1. The van der Waals surface area contributed by atoms with E-state index in [9.17, 15) is 4.79 Å². The van der Waals surface area contributed by atoms with Crippen molar-refractivity contribution in [2.45, 2.75) is 13.8 Å². The van der Waals surface area contributed by atoms with Gasteiger partial charge in [-0.2, -0.15) is 5.10 Å². The normalized spacial score (nSPS) is 10.2. The van der Waals surface area contributed by atoms with Crippen LogP contribution in [0.25, 0.3) is 11.8 Å². The third kappa shape index (κ3) is 2.57. The number of aromatic nitrogens is 2. The Morgan fingerprint density at radius 3 is 2.68 bits per heavy atom. The zero-order valence-electron chi connectivity index (χ0n) is 11.1. The first-order valence-electron chi connectivity index (χ1n) is 6.12. The summed E-state index contributed by atoms with van der Waals surface area (Å²) in [6, 6.07) is 7.78. The van der Waals surface area contributed by atoms with E-state index in [1.807, 2.05) is 31.2 Å². The Morgan fingerprint density at radius 1 is 1.42 bits per heavy atom. The van der Waals surface area contributed by atoms with Crippen molar-refractivity contribution in [3.63, 3.8) is 0 Å². The van der Waals surface area contributed by atoms with E-state index < -0.39 is 0 Å². The zero-order valence-corrected chi connectivity index (χ0v) is 11.1. The lowest BCUT2D eigenvalue weighted by Gasteiger charge is -2.06. The molecule has 98 valence electrons. The number of carbonyl (C=O) groups excluding carboxylic acids is 1. The van der Waals surface area contributed by atoms with Crippen LogP contribution >= 0.6 is 0 Å². The van der Waals surface area contributed by atoms with Gasteiger partial charge in [-0.05, 0) is 31.5 Å². The fourth-order valence-electron chi connectivity index (χ4n) is 1.83. The number of esters is 1. The highest BCUT2D eigenvalue weighted by Gasteiger charge is 2.15. The minimum Gasteiger partial charge on any atom is -0.462 e. The number of rotatable bonds is 4. The molecule has 0 unspecified atom stereocenters. The highest BCUT2D eigenvalue weighted by atomic mass is 16.5. The number of hydrogen-bond donors (Lipinski definition) is 0. The summed E-state index contributed by atoms with van der Waals surface area (Å²) >= 11 is 0. The molecule has 2 rings (SSSR count). The smallest absolute Gasteiger partial charge is 0.341 e. The van der Waals surface area contributed by atoms with Crippen LogP contribution in [0.1, 0.15) is 28.5 Å². The van der Waals surface area contributed by atoms with Gasteiger partial charge in [-0.3, -0.25) is 0 Å². The molecule has 0 bridgehead atoms. The third-order valence-electron chi connectivity index (χ3n) is 2.88. The average molecular weight is 256 g/mol. The van der Waals surface area contributed by atoms with Crippen molar-refractivity contribution in [2.24, 2.45) is 0 Å². The molecular formula is C15H16N2O2. The summed E-state index contributed by atoms with van der Waals surface area (Å²) < 4.78 is 6.71. The van der Waals surface area contributed by atoms with Gasteiger partial charge < -0.3 is 4.74 Å². The van der Waals surface area contributed by atoms with Gasteiger partial charge in [0.25, 0.3) is 0 Å². The lowest BCUT2D eigenvalue weighted by atomic mass is 10.2. The molecule has 0 amide bonds. The van der Waals surface area contributed by atoms with E-state index >= 15 is 0 Å². The maximum Gasteiger partial charge on any atom is 0.341 e. The quantitative estimate of drug-likeness (QED) is 0.790. The van der Waals surface area contributed by atoms with Gasteiger partial charge in [0.15, 0.2) is 0 Å². The summed E-state index contributed by atoms with van der Waals surface area (Å²) in [5, 5.41) is 4.23. The summed E-state index contributed by atoms with van der Waals surface area (Å²) in [5.74, 6) is -0.339. The second-order valence-corrected chi connectivity index (χ2v) is 4.07. The Balaban J connectivity index is 2.35. The standard InChI is InChI=1S/C15H16N2O2/c1-4-12-6-8-13(9-7-12)17-11(3)14(10-16-17)15(18)19-5-2/h4,6-10H,1,5H2,2-3H3. The van der Waals surface area contributed by atoms with Gasteiger partial charge in [0.2, 0.25) is 0 Å². The second kappa shape index (κ2) is 5.52. The third-order valence-corrected chi connectivity index (χ3v) is 2.88. The molecule has 1 heterocycles. The van der Waals surface area contributed by atoms with Crippen LogP contribution < -0.4 is 0 Å². The van der Waals surface area contributed by atoms with Gasteiger partial charge in [0.05, 0.1) is 24.2 Å². The first-order valence-corrected chi connectivity index (χ1v) is 6.12. The molecule has 0 aliphatic rings. The Kier molecular flexibility index (Phi) is 3.80. The van der Waals surface area contributed by atoms with Crippen molar-refractivity contribution in [3.05, 3.63) is 53.9 Å². The van der Waals surface area contributed by atoms with Crippen LogP contribution in [-0.4, -0.2) is 22.4 Å². The van der Waals surface area contributed by atoms with E-state index in [4.69, 9.17) is 4.74 Å². The van der Waals surface area contributed by atoms with Crippen LogP contribution in [0.4, 0.5) is 0 Å². The summed E-state index contributed by atoms with van der Waals surface area (Å²) in [5.41, 5.74) is 3.21. The van der Waals surface area contributed by atoms with Gasteiger partial charge in [0.1, 0.15) is 5.56 Å². The zero-order chi connectivity index (χ0) is 13.8. The number of hydrogen-bond acceptors (Lipinski definition) is 3. The Labute approximate surface area is 112 Å². The molecule has 4 nitrogen and oxygen atoms in total. The van der Waals surface area contributed by atoms with Crippen LogP contribution in [0, 0.1) is 6.92 Å². The predicted molar refractivity (Wildman–Crippen MR) is 74.3 cm³/mol. The fourth-order valence-corrected chi connectivity index (χ4v) is 1.83. The molecule has 1 aromatic heterocycles. The highest BCUT2D eigenvalue weighted by molar-refractivity contribution is 5.90. The van der Waals surface area contributed by atoms with E-state index in [1.54, 1.807) is 17.7 Å². The minimum absolute atomic E-state index is 0.339. The van der Waals surface area contributed by atoms with Crippen molar-refractivity contribution >= 4 is 12.0 Å². The van der Waals surface area contributed by atoms with E-state index in [0.29, 0.717) is 12.2 Å². The van der Waals surface area contributed by atoms with Gasteiger partial charge in [-0.1, -0.05) is 24.8 Å². The molecule has 0 saturated heterocycles. The molecule has 0 fully saturated rings. The molecule has 0 radical (unpaired) electrons. The largest absolute Gasteiger partial charge is 0.462 e. The molecule has 0 aliphatic carbocycles. The van der Waals surface area contributed by atoms with E-state index in [2.05, 4.69) is 11.7 Å². The monoisotopic (exact) mass is 256 g/mol. The summed E-state index contributed by atoms with van der Waals surface area (Å²) in [6.07, 6.45) is 3.32. The molecule has 0 spiro atoms. The Morgan fingerprint density at radius 2 is 2.11 bits per heavy atom. The van der Waals surface area contributed by atoms with Crippen molar-refractivity contribution in [3.8, 4) is 5.69 Å². The van der Waals surface area contributed by atoms with Crippen molar-refractivity contribution in [1.29, 1.82) is 0 Å². The molecule has 0 aliphatic heterocycles. The van der Waals surface area contributed by atoms with Gasteiger partial charge in [-0.15, -0.1) is 0 Å². The fraction of sp³-hybridized carbons (Fsp3) is 0.200. The predicted octanol–water partition coefficient (Wildman–Crippen LogP) is 3.00. The maximum absolute atomic E-state index is 11.7. The van der Waals surface area contributed by atoms with Crippen LogP contribution in [0.5, 0.6) is 0 Å². The molecule has 0 saturated carbocycles. The molecule has 4 heteroatoms. The molecule has 0 atom stereocenters. The first kappa shape index (κ1) is 13.1. The van der Waals surface area contributed by atoms with Crippen molar-refractivity contribution < 1.29 is 9.53 Å². The molecule has 2 aromatic rings. The van der Waals surface area contributed by atoms with Crippen LogP contribution in [-0.2, 0) is 4.74 Å². The average Bonchev–Trinajstić information content (AvgIpc) is 2.81. The molecule has 1 aromatic carbocycles. The van der Waals surface area contributed by atoms with E-state index in [0.717, 1.165) is 16.9 Å². The summed E-state index contributed by atoms with van der Waals surface area (Å²) in [4.78, 5) is 11.7. The number of ether oxygens (including phenoxy) is 1. The summed E-state index contributed by atoms with van der Waals surface area (Å²) in [7, 11) is 0. The SMILES string of the molecule is C=Cc1ccc(-n2ncc(C(=O)OCC)c2C)cc1. The molecular weight excluding hydrogens is 240 g/mol.